The van der Waals surface area contributed by atoms with Gasteiger partial charge in [-0.2, -0.15) is 0 Å². The zero-order chi connectivity index (χ0) is 10.3. The largest absolute Gasteiger partial charge is 0.508 e. The lowest BCUT2D eigenvalue weighted by atomic mass is 9.99. The van der Waals surface area contributed by atoms with E-state index in [9.17, 15) is 5.11 Å². The summed E-state index contributed by atoms with van der Waals surface area (Å²) in [4.78, 5) is 2.53. The molecule has 1 aromatic rings. The predicted molar refractivity (Wildman–Crippen MR) is 59.8 cm³/mol. The van der Waals surface area contributed by atoms with Crippen LogP contribution >= 0.6 is 0 Å². The Morgan fingerprint density at radius 3 is 2.93 bits per heavy atom. The van der Waals surface area contributed by atoms with Crippen LogP contribution in [0.5, 0.6) is 5.75 Å². The quantitative estimate of drug-likeness (QED) is 0.796. The molecule has 1 aliphatic carbocycles. The second kappa shape index (κ2) is 3.53. The summed E-state index contributed by atoms with van der Waals surface area (Å²) in [5, 5.41) is 9.45. The Kier molecular flexibility index (Phi) is 2.17. The van der Waals surface area contributed by atoms with Crippen molar-refractivity contribution < 1.29 is 5.11 Å². The minimum absolute atomic E-state index is 0.405. The standard InChI is InChI=1S/C13H17NO/c15-13-4-3-11-5-6-14(8-10-1-2-10)9-12(11)7-13/h3-4,7,10,15H,1-2,5-6,8-9H2. The molecule has 0 aromatic heterocycles. The second-order valence-electron chi connectivity index (χ2n) is 4.88. The highest BCUT2D eigenvalue weighted by Gasteiger charge is 2.26. The minimum Gasteiger partial charge on any atom is -0.508 e. The van der Waals surface area contributed by atoms with Crippen LogP contribution in [-0.2, 0) is 13.0 Å². The van der Waals surface area contributed by atoms with Gasteiger partial charge in [0.05, 0.1) is 0 Å². The van der Waals surface area contributed by atoms with E-state index in [1.807, 2.05) is 6.07 Å². The fraction of sp³-hybridized carbons (Fsp3) is 0.538. The summed E-state index contributed by atoms with van der Waals surface area (Å²) in [6.07, 6.45) is 3.98. The Labute approximate surface area is 90.5 Å². The number of hydrogen-bond donors (Lipinski definition) is 1. The van der Waals surface area contributed by atoms with Gasteiger partial charge < -0.3 is 5.11 Å². The first-order valence-corrected chi connectivity index (χ1v) is 5.84. The van der Waals surface area contributed by atoms with E-state index in [1.54, 1.807) is 6.07 Å². The predicted octanol–water partition coefficient (Wildman–Crippen LogP) is 2.16. The summed E-state index contributed by atoms with van der Waals surface area (Å²) in [7, 11) is 0. The molecule has 1 N–H and O–H groups in total. The lowest BCUT2D eigenvalue weighted by molar-refractivity contribution is 0.243. The van der Waals surface area contributed by atoms with Gasteiger partial charge >= 0.3 is 0 Å². The number of benzene rings is 1. The normalized spacial score (nSPS) is 21.3. The van der Waals surface area contributed by atoms with Gasteiger partial charge in [-0.05, 0) is 48.4 Å². The van der Waals surface area contributed by atoms with E-state index in [4.69, 9.17) is 0 Å². The summed E-state index contributed by atoms with van der Waals surface area (Å²) in [5.74, 6) is 1.37. The molecule has 1 fully saturated rings. The van der Waals surface area contributed by atoms with Crippen molar-refractivity contribution in [2.45, 2.75) is 25.8 Å². The van der Waals surface area contributed by atoms with Gasteiger partial charge in [0, 0.05) is 19.6 Å². The molecule has 0 amide bonds. The van der Waals surface area contributed by atoms with Gasteiger partial charge in [-0.1, -0.05) is 6.07 Å². The highest BCUT2D eigenvalue weighted by atomic mass is 16.3. The van der Waals surface area contributed by atoms with E-state index in [0.29, 0.717) is 5.75 Å². The maximum Gasteiger partial charge on any atom is 0.115 e. The van der Waals surface area contributed by atoms with Crippen LogP contribution in [-0.4, -0.2) is 23.1 Å². The Morgan fingerprint density at radius 1 is 1.27 bits per heavy atom. The van der Waals surface area contributed by atoms with Gasteiger partial charge in [-0.3, -0.25) is 4.90 Å². The van der Waals surface area contributed by atoms with Crippen molar-refractivity contribution in [2.24, 2.45) is 5.92 Å². The molecule has 3 rings (SSSR count). The molecule has 1 aromatic carbocycles. The molecule has 1 aliphatic heterocycles. The highest BCUT2D eigenvalue weighted by Crippen LogP contribution is 2.32. The number of aromatic hydroxyl groups is 1. The lowest BCUT2D eigenvalue weighted by Crippen LogP contribution is -2.32. The molecule has 80 valence electrons. The molecule has 0 radical (unpaired) electrons. The molecule has 0 saturated heterocycles. The van der Waals surface area contributed by atoms with Gasteiger partial charge in [0.1, 0.15) is 5.75 Å². The lowest BCUT2D eigenvalue weighted by Gasteiger charge is -2.28. The van der Waals surface area contributed by atoms with Crippen molar-refractivity contribution in [3.8, 4) is 5.75 Å². The number of phenolic OH excluding ortho intramolecular Hbond substituents is 1. The van der Waals surface area contributed by atoms with E-state index in [-0.39, 0.29) is 0 Å². The molecular weight excluding hydrogens is 186 g/mol. The number of nitrogens with zero attached hydrogens (tertiary/aromatic N) is 1. The smallest absolute Gasteiger partial charge is 0.115 e. The molecule has 2 aliphatic rings. The summed E-state index contributed by atoms with van der Waals surface area (Å²) in [5.41, 5.74) is 2.74. The molecule has 0 atom stereocenters. The van der Waals surface area contributed by atoms with Crippen LogP contribution in [0.2, 0.25) is 0 Å². The zero-order valence-electron chi connectivity index (χ0n) is 8.95. The topological polar surface area (TPSA) is 23.5 Å². The summed E-state index contributed by atoms with van der Waals surface area (Å²) in [6.45, 7) is 3.48. The maximum absolute atomic E-state index is 9.45. The summed E-state index contributed by atoms with van der Waals surface area (Å²) in [6, 6.07) is 5.79. The Morgan fingerprint density at radius 2 is 2.13 bits per heavy atom. The first-order chi connectivity index (χ1) is 7.31. The van der Waals surface area contributed by atoms with Crippen LogP contribution < -0.4 is 0 Å². The van der Waals surface area contributed by atoms with Crippen molar-refractivity contribution >= 4 is 0 Å². The molecular formula is C13H17NO. The summed E-state index contributed by atoms with van der Waals surface area (Å²) >= 11 is 0. The SMILES string of the molecule is Oc1ccc2c(c1)CN(CC1CC1)CC2. The Hall–Kier alpha value is -1.02. The molecule has 15 heavy (non-hydrogen) atoms. The average Bonchev–Trinajstić information content (AvgIpc) is 3.01. The van der Waals surface area contributed by atoms with Crippen LogP contribution in [0.25, 0.3) is 0 Å². The van der Waals surface area contributed by atoms with Crippen LogP contribution in [0.15, 0.2) is 18.2 Å². The zero-order valence-corrected chi connectivity index (χ0v) is 8.95. The average molecular weight is 203 g/mol. The summed E-state index contributed by atoms with van der Waals surface area (Å²) < 4.78 is 0. The van der Waals surface area contributed by atoms with Crippen molar-refractivity contribution in [2.75, 3.05) is 13.1 Å². The third kappa shape index (κ3) is 2.00. The van der Waals surface area contributed by atoms with Crippen LogP contribution in [0.1, 0.15) is 24.0 Å². The van der Waals surface area contributed by atoms with Gasteiger partial charge in [-0.15, -0.1) is 0 Å². The van der Waals surface area contributed by atoms with Crippen molar-refractivity contribution in [1.29, 1.82) is 0 Å². The van der Waals surface area contributed by atoms with Crippen LogP contribution in [0.3, 0.4) is 0 Å². The second-order valence-corrected chi connectivity index (χ2v) is 4.88. The maximum atomic E-state index is 9.45. The van der Waals surface area contributed by atoms with Crippen LogP contribution in [0, 0.1) is 5.92 Å². The van der Waals surface area contributed by atoms with E-state index in [1.165, 1.54) is 37.1 Å². The van der Waals surface area contributed by atoms with Gasteiger partial charge in [0.15, 0.2) is 0 Å². The molecule has 1 heterocycles. The Bertz CT molecular complexity index is 371. The fourth-order valence-corrected chi connectivity index (χ4v) is 2.42. The monoisotopic (exact) mass is 203 g/mol. The Balaban J connectivity index is 1.75. The number of rotatable bonds is 2. The number of hydrogen-bond acceptors (Lipinski definition) is 2. The minimum atomic E-state index is 0.405. The first kappa shape index (κ1) is 9.22. The van der Waals surface area contributed by atoms with E-state index >= 15 is 0 Å². The van der Waals surface area contributed by atoms with Gasteiger partial charge in [0.2, 0.25) is 0 Å². The number of phenols is 1. The fourth-order valence-electron chi connectivity index (χ4n) is 2.42. The molecule has 0 spiro atoms. The van der Waals surface area contributed by atoms with E-state index in [0.717, 1.165) is 18.9 Å². The number of fused-ring (bicyclic) bond motifs is 1. The molecule has 0 unspecified atom stereocenters. The van der Waals surface area contributed by atoms with Crippen LogP contribution in [0.4, 0.5) is 0 Å². The van der Waals surface area contributed by atoms with Gasteiger partial charge in [-0.25, -0.2) is 0 Å². The van der Waals surface area contributed by atoms with E-state index < -0.39 is 0 Å². The van der Waals surface area contributed by atoms with Crippen molar-refractivity contribution in [3.63, 3.8) is 0 Å². The first-order valence-electron chi connectivity index (χ1n) is 5.84. The third-order valence-corrected chi connectivity index (χ3v) is 3.49. The molecule has 2 nitrogen and oxygen atoms in total. The van der Waals surface area contributed by atoms with Crippen molar-refractivity contribution in [3.05, 3.63) is 29.3 Å². The molecule has 1 saturated carbocycles. The van der Waals surface area contributed by atoms with Crippen molar-refractivity contribution in [1.82, 2.24) is 4.90 Å². The van der Waals surface area contributed by atoms with Gasteiger partial charge in [0.25, 0.3) is 0 Å². The third-order valence-electron chi connectivity index (χ3n) is 3.49. The molecule has 2 heteroatoms. The molecule has 0 bridgehead atoms. The highest BCUT2D eigenvalue weighted by molar-refractivity contribution is 5.36. The van der Waals surface area contributed by atoms with E-state index in [2.05, 4.69) is 11.0 Å².